The van der Waals surface area contributed by atoms with Crippen molar-refractivity contribution in [2.45, 2.75) is 39.2 Å². The lowest BCUT2D eigenvalue weighted by atomic mass is 10.1. The molecule has 0 unspecified atom stereocenters. The second kappa shape index (κ2) is 9.91. The molecule has 0 radical (unpaired) electrons. The Kier molecular flexibility index (Phi) is 6.79. The summed E-state index contributed by atoms with van der Waals surface area (Å²) in [6.45, 7) is 5.69. The van der Waals surface area contributed by atoms with E-state index >= 15 is 0 Å². The van der Waals surface area contributed by atoms with Crippen LogP contribution in [0.15, 0.2) is 40.8 Å². The van der Waals surface area contributed by atoms with Gasteiger partial charge in [-0.3, -0.25) is 5.32 Å². The van der Waals surface area contributed by atoms with Gasteiger partial charge in [-0.05, 0) is 30.3 Å². The highest BCUT2D eigenvalue weighted by atomic mass is 16.5. The van der Waals surface area contributed by atoms with Crippen molar-refractivity contribution in [3.05, 3.63) is 42.0 Å². The predicted molar refractivity (Wildman–Crippen MR) is 125 cm³/mol. The first-order valence-electron chi connectivity index (χ1n) is 11.1. The Hall–Kier alpha value is -3.59. The van der Waals surface area contributed by atoms with Gasteiger partial charge in [0.15, 0.2) is 5.58 Å². The summed E-state index contributed by atoms with van der Waals surface area (Å²) in [7, 11) is 1.83. The SMILES string of the molecule is CCC.Cn1c(Nc2nc3ccc(OC4CCOCC4)cc3o2)nc2cc(C(=O)O)ccc21. The van der Waals surface area contributed by atoms with Crippen LogP contribution in [-0.2, 0) is 11.8 Å². The quantitative estimate of drug-likeness (QED) is 0.429. The second-order valence-electron chi connectivity index (χ2n) is 7.91. The first kappa shape index (κ1) is 22.6. The van der Waals surface area contributed by atoms with Crippen LogP contribution in [0.4, 0.5) is 12.0 Å². The number of carboxylic acids is 1. The Labute approximate surface area is 191 Å². The fraction of sp³-hybridized carbons (Fsp3) is 0.375. The maximum Gasteiger partial charge on any atom is 0.335 e. The zero-order valence-corrected chi connectivity index (χ0v) is 19.0. The second-order valence-corrected chi connectivity index (χ2v) is 7.91. The first-order chi connectivity index (χ1) is 16.0. The fourth-order valence-corrected chi connectivity index (χ4v) is 3.56. The largest absolute Gasteiger partial charge is 0.490 e. The number of nitrogens with one attached hydrogen (secondary N) is 1. The monoisotopic (exact) mass is 452 g/mol. The van der Waals surface area contributed by atoms with Gasteiger partial charge in [-0.25, -0.2) is 9.78 Å². The molecule has 0 spiro atoms. The highest BCUT2D eigenvalue weighted by Gasteiger charge is 2.17. The van der Waals surface area contributed by atoms with Crippen LogP contribution in [0.1, 0.15) is 43.5 Å². The van der Waals surface area contributed by atoms with E-state index in [9.17, 15) is 9.90 Å². The van der Waals surface area contributed by atoms with Crippen molar-refractivity contribution in [1.29, 1.82) is 0 Å². The standard InChI is InChI=1S/C21H20N4O5.C3H8/c1-25-17-5-2-12(19(26)27)10-16(17)22-20(25)24-21-23-15-4-3-14(11-18(15)30-21)29-13-6-8-28-9-7-13;1-3-2/h2-5,10-11,13H,6-9H2,1H3,(H,26,27)(H,22,23,24);3H2,1-2H3. The minimum absolute atomic E-state index is 0.146. The lowest BCUT2D eigenvalue weighted by Gasteiger charge is -2.23. The number of rotatable bonds is 5. The number of carbonyl (C=O) groups is 1. The number of anilines is 2. The van der Waals surface area contributed by atoms with Gasteiger partial charge in [0.05, 0.1) is 29.8 Å². The van der Waals surface area contributed by atoms with Crippen molar-refractivity contribution >= 4 is 40.1 Å². The molecule has 5 rings (SSSR count). The number of hydrogen-bond donors (Lipinski definition) is 2. The number of aryl methyl sites for hydroxylation is 1. The summed E-state index contributed by atoms with van der Waals surface area (Å²) in [5.41, 5.74) is 2.86. The molecule has 3 heterocycles. The van der Waals surface area contributed by atoms with E-state index in [2.05, 4.69) is 29.1 Å². The van der Waals surface area contributed by atoms with Crippen LogP contribution < -0.4 is 10.1 Å². The molecule has 1 saturated heterocycles. The van der Waals surface area contributed by atoms with E-state index in [4.69, 9.17) is 13.9 Å². The normalized spacial score (nSPS) is 14.2. The first-order valence-corrected chi connectivity index (χ1v) is 11.1. The van der Waals surface area contributed by atoms with Gasteiger partial charge in [0.2, 0.25) is 5.95 Å². The minimum atomic E-state index is -0.991. The number of carboxylic acid groups (broad SMARTS) is 1. The summed E-state index contributed by atoms with van der Waals surface area (Å²) in [5.74, 6) is 0.244. The summed E-state index contributed by atoms with van der Waals surface area (Å²) >= 11 is 0. The van der Waals surface area contributed by atoms with Crippen LogP contribution in [0.5, 0.6) is 5.75 Å². The number of aromatic carboxylic acids is 1. The Morgan fingerprint density at radius 3 is 2.64 bits per heavy atom. The maximum atomic E-state index is 11.2. The van der Waals surface area contributed by atoms with Crippen molar-refractivity contribution in [1.82, 2.24) is 14.5 Å². The number of aromatic nitrogens is 3. The maximum absolute atomic E-state index is 11.2. The highest BCUT2D eigenvalue weighted by Crippen LogP contribution is 2.28. The molecule has 1 aliphatic rings. The molecule has 2 N–H and O–H groups in total. The Balaban J connectivity index is 0.000000821. The third-order valence-corrected chi connectivity index (χ3v) is 5.18. The molecule has 1 aliphatic heterocycles. The third kappa shape index (κ3) is 5.09. The Morgan fingerprint density at radius 1 is 1.15 bits per heavy atom. The minimum Gasteiger partial charge on any atom is -0.490 e. The molecule has 9 nitrogen and oxygen atoms in total. The number of oxazole rings is 1. The van der Waals surface area contributed by atoms with Crippen molar-refractivity contribution in [2.75, 3.05) is 18.5 Å². The fourth-order valence-electron chi connectivity index (χ4n) is 3.56. The molecular weight excluding hydrogens is 424 g/mol. The van der Waals surface area contributed by atoms with E-state index in [0.29, 0.717) is 28.6 Å². The van der Waals surface area contributed by atoms with Gasteiger partial charge in [-0.15, -0.1) is 0 Å². The topological polar surface area (TPSA) is 112 Å². The van der Waals surface area contributed by atoms with Crippen molar-refractivity contribution in [3.8, 4) is 5.75 Å². The molecule has 0 amide bonds. The molecule has 0 aliphatic carbocycles. The molecule has 9 heteroatoms. The van der Waals surface area contributed by atoms with Gasteiger partial charge >= 0.3 is 12.0 Å². The predicted octanol–water partition coefficient (Wildman–Crippen LogP) is 5.13. The van der Waals surface area contributed by atoms with Crippen LogP contribution in [0.3, 0.4) is 0 Å². The summed E-state index contributed by atoms with van der Waals surface area (Å²) in [6.07, 6.45) is 3.14. The summed E-state index contributed by atoms with van der Waals surface area (Å²) < 4.78 is 19.0. The van der Waals surface area contributed by atoms with Gasteiger partial charge in [-0.1, -0.05) is 20.3 Å². The molecule has 4 aromatic rings. The average Bonchev–Trinajstić information content (AvgIpc) is 3.34. The molecule has 0 bridgehead atoms. The van der Waals surface area contributed by atoms with Crippen molar-refractivity contribution in [2.24, 2.45) is 7.05 Å². The Morgan fingerprint density at radius 2 is 1.91 bits per heavy atom. The number of imidazole rings is 1. The van der Waals surface area contributed by atoms with Gasteiger partial charge < -0.3 is 23.6 Å². The smallest absolute Gasteiger partial charge is 0.335 e. The molecule has 33 heavy (non-hydrogen) atoms. The summed E-state index contributed by atoms with van der Waals surface area (Å²) in [6, 6.07) is 10.7. The molecule has 2 aromatic carbocycles. The van der Waals surface area contributed by atoms with Crippen LogP contribution in [-0.4, -0.2) is 44.9 Å². The zero-order valence-electron chi connectivity index (χ0n) is 19.0. The third-order valence-electron chi connectivity index (χ3n) is 5.18. The number of hydrogen-bond acceptors (Lipinski definition) is 7. The average molecular weight is 453 g/mol. The van der Waals surface area contributed by atoms with Crippen molar-refractivity contribution < 1.29 is 23.8 Å². The number of nitrogens with zero attached hydrogens (tertiary/aromatic N) is 3. The van der Waals surface area contributed by atoms with Crippen LogP contribution in [0.25, 0.3) is 22.1 Å². The van der Waals surface area contributed by atoms with Crippen molar-refractivity contribution in [3.63, 3.8) is 0 Å². The summed E-state index contributed by atoms with van der Waals surface area (Å²) in [4.78, 5) is 20.1. The van der Waals surface area contributed by atoms with E-state index in [1.165, 1.54) is 12.5 Å². The number of ether oxygens (including phenoxy) is 2. The van der Waals surface area contributed by atoms with E-state index in [0.717, 1.165) is 37.3 Å². The Bertz CT molecular complexity index is 1260. The van der Waals surface area contributed by atoms with E-state index in [1.807, 2.05) is 29.8 Å². The van der Waals surface area contributed by atoms with Crippen LogP contribution >= 0.6 is 0 Å². The zero-order chi connectivity index (χ0) is 23.4. The molecule has 0 saturated carbocycles. The lowest BCUT2D eigenvalue weighted by Crippen LogP contribution is -2.25. The summed E-state index contributed by atoms with van der Waals surface area (Å²) in [5, 5.41) is 12.2. The van der Waals surface area contributed by atoms with E-state index in [-0.39, 0.29) is 11.7 Å². The molecule has 174 valence electrons. The lowest BCUT2D eigenvalue weighted by molar-refractivity contribution is 0.0256. The van der Waals surface area contributed by atoms with Crippen LogP contribution in [0, 0.1) is 0 Å². The van der Waals surface area contributed by atoms with Crippen LogP contribution in [0.2, 0.25) is 0 Å². The molecular formula is C24H28N4O5. The van der Waals surface area contributed by atoms with E-state index < -0.39 is 5.97 Å². The van der Waals surface area contributed by atoms with Gasteiger partial charge in [0, 0.05) is 26.0 Å². The number of fused-ring (bicyclic) bond motifs is 2. The molecule has 0 atom stereocenters. The highest BCUT2D eigenvalue weighted by molar-refractivity contribution is 5.93. The molecule has 1 fully saturated rings. The van der Waals surface area contributed by atoms with Gasteiger partial charge in [0.25, 0.3) is 0 Å². The number of benzene rings is 2. The van der Waals surface area contributed by atoms with E-state index in [1.54, 1.807) is 12.1 Å². The van der Waals surface area contributed by atoms with Gasteiger partial charge in [-0.2, -0.15) is 4.98 Å². The van der Waals surface area contributed by atoms with Gasteiger partial charge in [0.1, 0.15) is 17.4 Å². The molecule has 2 aromatic heterocycles.